The molecule has 1 aliphatic heterocycles. The maximum Gasteiger partial charge on any atom is 0.416 e. The van der Waals surface area contributed by atoms with Crippen LogP contribution in [0.4, 0.5) is 27.6 Å². The highest BCUT2D eigenvalue weighted by Gasteiger charge is 2.32. The van der Waals surface area contributed by atoms with Crippen molar-refractivity contribution in [1.82, 2.24) is 5.32 Å². The van der Waals surface area contributed by atoms with E-state index in [9.17, 15) is 26.7 Å². The zero-order valence-corrected chi connectivity index (χ0v) is 12.7. The molecule has 0 radical (unpaired) electrons. The van der Waals surface area contributed by atoms with Crippen molar-refractivity contribution in [2.45, 2.75) is 23.9 Å². The minimum absolute atomic E-state index is 0.0811. The van der Waals surface area contributed by atoms with Crippen molar-refractivity contribution in [2.24, 2.45) is 5.92 Å². The summed E-state index contributed by atoms with van der Waals surface area (Å²) in [5, 5.41) is 5.43. The average molecular weight is 354 g/mol. The summed E-state index contributed by atoms with van der Waals surface area (Å²) in [6.45, 7) is 1.11. The summed E-state index contributed by atoms with van der Waals surface area (Å²) in [6.07, 6.45) is -6.57. The van der Waals surface area contributed by atoms with Gasteiger partial charge in [-0.15, -0.1) is 11.8 Å². The molecule has 1 fully saturated rings. The van der Waals surface area contributed by atoms with Gasteiger partial charge in [0.15, 0.2) is 0 Å². The number of hydrogen-bond acceptors (Lipinski definition) is 3. The molecule has 23 heavy (non-hydrogen) atoms. The summed E-state index contributed by atoms with van der Waals surface area (Å²) < 4.78 is 63.1. The van der Waals surface area contributed by atoms with Crippen LogP contribution < -0.4 is 10.6 Å². The molecule has 1 heterocycles. The van der Waals surface area contributed by atoms with E-state index >= 15 is 0 Å². The second-order valence-electron chi connectivity index (χ2n) is 5.09. The summed E-state index contributed by atoms with van der Waals surface area (Å²) in [4.78, 5) is 12.3. The number of amides is 1. The molecule has 1 saturated heterocycles. The molecule has 1 amide bonds. The number of halogens is 5. The van der Waals surface area contributed by atoms with Crippen LogP contribution in [-0.2, 0) is 11.0 Å². The van der Waals surface area contributed by atoms with Crippen LogP contribution in [0.5, 0.6) is 0 Å². The molecule has 0 bridgehead atoms. The van der Waals surface area contributed by atoms with E-state index in [0.717, 1.165) is 18.2 Å². The smallest absolute Gasteiger partial charge is 0.325 e. The summed E-state index contributed by atoms with van der Waals surface area (Å²) in [7, 11) is 0. The Morgan fingerprint density at radius 3 is 2.70 bits per heavy atom. The maximum atomic E-state index is 12.8. The molecule has 0 aliphatic carbocycles. The lowest BCUT2D eigenvalue weighted by atomic mass is 10.1. The Bertz CT molecular complexity index is 559. The van der Waals surface area contributed by atoms with Gasteiger partial charge in [0.25, 0.3) is 0 Å². The number of anilines is 1. The van der Waals surface area contributed by atoms with Crippen LogP contribution in [0, 0.1) is 5.92 Å². The number of benzene rings is 1. The summed E-state index contributed by atoms with van der Waals surface area (Å²) in [6, 6.07) is 2.72. The number of alkyl halides is 5. The number of rotatable bonds is 5. The average Bonchev–Trinajstić information content (AvgIpc) is 2.99. The van der Waals surface area contributed by atoms with Crippen LogP contribution in [0.1, 0.15) is 12.0 Å². The fourth-order valence-electron chi connectivity index (χ4n) is 2.20. The molecule has 3 nitrogen and oxygen atoms in total. The zero-order valence-electron chi connectivity index (χ0n) is 11.9. The largest absolute Gasteiger partial charge is 0.416 e. The van der Waals surface area contributed by atoms with Gasteiger partial charge in [-0.3, -0.25) is 4.79 Å². The molecular weight excluding hydrogens is 339 g/mol. The van der Waals surface area contributed by atoms with Gasteiger partial charge < -0.3 is 10.6 Å². The van der Waals surface area contributed by atoms with Crippen LogP contribution >= 0.6 is 11.8 Å². The van der Waals surface area contributed by atoms with Crippen molar-refractivity contribution in [2.75, 3.05) is 24.2 Å². The van der Waals surface area contributed by atoms with Gasteiger partial charge in [-0.1, -0.05) is 0 Å². The first-order valence-electron chi connectivity index (χ1n) is 6.91. The van der Waals surface area contributed by atoms with E-state index in [1.54, 1.807) is 0 Å². The van der Waals surface area contributed by atoms with Crippen LogP contribution in [0.3, 0.4) is 0 Å². The van der Waals surface area contributed by atoms with E-state index in [1.807, 2.05) is 0 Å². The molecule has 1 aliphatic rings. The fraction of sp³-hybridized carbons (Fsp3) is 0.500. The molecule has 2 rings (SSSR count). The Kier molecular flexibility index (Phi) is 5.85. The summed E-state index contributed by atoms with van der Waals surface area (Å²) >= 11 is 0.711. The molecule has 1 aromatic rings. The Hall–Kier alpha value is -1.35. The first-order valence-corrected chi connectivity index (χ1v) is 7.89. The normalized spacial score (nSPS) is 18.4. The van der Waals surface area contributed by atoms with E-state index in [1.165, 1.54) is 0 Å². The van der Waals surface area contributed by atoms with Gasteiger partial charge in [-0.2, -0.15) is 13.2 Å². The molecule has 128 valence electrons. The van der Waals surface area contributed by atoms with Crippen LogP contribution in [0.25, 0.3) is 0 Å². The third kappa shape index (κ3) is 5.07. The Balaban J connectivity index is 2.22. The van der Waals surface area contributed by atoms with Crippen molar-refractivity contribution < 1.29 is 26.7 Å². The number of carbonyl (C=O) groups is 1. The van der Waals surface area contributed by atoms with E-state index in [0.29, 0.717) is 31.3 Å². The SMILES string of the molecule is O=C(Nc1cc(C(F)(F)F)ccc1SCC(F)F)C1CCNC1. The van der Waals surface area contributed by atoms with Gasteiger partial charge >= 0.3 is 6.18 Å². The van der Waals surface area contributed by atoms with E-state index in [2.05, 4.69) is 10.6 Å². The lowest BCUT2D eigenvalue weighted by Crippen LogP contribution is -2.25. The highest BCUT2D eigenvalue weighted by molar-refractivity contribution is 7.99. The third-order valence-electron chi connectivity index (χ3n) is 3.36. The van der Waals surface area contributed by atoms with Crippen molar-refractivity contribution >= 4 is 23.4 Å². The predicted molar refractivity (Wildman–Crippen MR) is 77.8 cm³/mol. The molecule has 2 N–H and O–H groups in total. The molecular formula is C14H15F5N2OS. The minimum Gasteiger partial charge on any atom is -0.325 e. The quantitative estimate of drug-likeness (QED) is 0.627. The molecule has 0 aromatic heterocycles. The van der Waals surface area contributed by atoms with Crippen LogP contribution in [0.15, 0.2) is 23.1 Å². The lowest BCUT2D eigenvalue weighted by Gasteiger charge is -2.16. The van der Waals surface area contributed by atoms with Crippen molar-refractivity contribution in [3.8, 4) is 0 Å². The number of nitrogens with one attached hydrogen (secondary N) is 2. The van der Waals surface area contributed by atoms with E-state index < -0.39 is 29.8 Å². The first kappa shape index (κ1) is 18.0. The highest BCUT2D eigenvalue weighted by atomic mass is 32.2. The molecule has 9 heteroatoms. The Morgan fingerprint density at radius 2 is 2.13 bits per heavy atom. The van der Waals surface area contributed by atoms with Crippen molar-refractivity contribution in [3.63, 3.8) is 0 Å². The number of thioether (sulfide) groups is 1. The van der Waals surface area contributed by atoms with E-state index in [-0.39, 0.29) is 16.5 Å². The molecule has 1 atom stereocenters. The summed E-state index contributed by atoms with van der Waals surface area (Å²) in [5.74, 6) is -1.30. The highest BCUT2D eigenvalue weighted by Crippen LogP contribution is 2.36. The lowest BCUT2D eigenvalue weighted by molar-refractivity contribution is -0.137. The second-order valence-corrected chi connectivity index (χ2v) is 6.15. The Morgan fingerprint density at radius 1 is 1.39 bits per heavy atom. The van der Waals surface area contributed by atoms with Gasteiger partial charge in [-0.25, -0.2) is 8.78 Å². The summed E-state index contributed by atoms with van der Waals surface area (Å²) in [5.41, 5.74) is -1.01. The second kappa shape index (κ2) is 7.48. The van der Waals surface area contributed by atoms with Gasteiger partial charge in [0.2, 0.25) is 12.3 Å². The molecule has 1 unspecified atom stereocenters. The Labute approximate surface area is 134 Å². The van der Waals surface area contributed by atoms with Gasteiger partial charge in [0.05, 0.1) is 22.9 Å². The van der Waals surface area contributed by atoms with Crippen LogP contribution in [-0.4, -0.2) is 31.2 Å². The third-order valence-corrected chi connectivity index (χ3v) is 4.45. The standard InChI is InChI=1S/C14H15F5N2OS/c15-12(16)7-23-11-2-1-9(14(17,18)19)5-10(11)21-13(22)8-3-4-20-6-8/h1-2,5,8,12,20H,3-4,6-7H2,(H,21,22). The van der Waals surface area contributed by atoms with Gasteiger partial charge in [0, 0.05) is 11.4 Å². The topological polar surface area (TPSA) is 41.1 Å². The number of carbonyl (C=O) groups excluding carboxylic acids is 1. The number of hydrogen-bond donors (Lipinski definition) is 2. The molecule has 0 saturated carbocycles. The van der Waals surface area contributed by atoms with Crippen molar-refractivity contribution in [3.05, 3.63) is 23.8 Å². The fourth-order valence-corrected chi connectivity index (χ4v) is 2.93. The van der Waals surface area contributed by atoms with Gasteiger partial charge in [-0.05, 0) is 31.2 Å². The van der Waals surface area contributed by atoms with Crippen LogP contribution in [0.2, 0.25) is 0 Å². The molecule has 0 spiro atoms. The monoisotopic (exact) mass is 354 g/mol. The zero-order chi connectivity index (χ0) is 17.0. The predicted octanol–water partition coefficient (Wildman–Crippen LogP) is 3.61. The minimum atomic E-state index is -4.57. The van der Waals surface area contributed by atoms with E-state index in [4.69, 9.17) is 0 Å². The van der Waals surface area contributed by atoms with Gasteiger partial charge in [0.1, 0.15) is 0 Å². The van der Waals surface area contributed by atoms with Crippen molar-refractivity contribution in [1.29, 1.82) is 0 Å². The molecule has 1 aromatic carbocycles. The maximum absolute atomic E-state index is 12.8. The first-order chi connectivity index (χ1) is 10.8.